The molecule has 55 heavy (non-hydrogen) atoms. The van der Waals surface area contributed by atoms with Crippen LogP contribution in [-0.2, 0) is 32.1 Å². The smallest absolute Gasteiger partial charge is 0.408 e. The van der Waals surface area contributed by atoms with Gasteiger partial charge in [-0.05, 0) is 80.7 Å². The van der Waals surface area contributed by atoms with E-state index >= 15 is 0 Å². The molecule has 1 aromatic heterocycles. The molecule has 0 bridgehead atoms. The Hall–Kier alpha value is -5.07. The molecular weight excluding hydrogens is 699 g/mol. The number of oxazole rings is 1. The maximum absolute atomic E-state index is 14.6. The van der Waals surface area contributed by atoms with Gasteiger partial charge in [-0.1, -0.05) is 92.1 Å². The number of unbranched alkanes of at least 4 members (excludes halogenated alkanes) is 1. The molecule has 292 valence electrons. The molecule has 2 fully saturated rings. The van der Waals surface area contributed by atoms with Crippen LogP contribution in [0.3, 0.4) is 0 Å². The fourth-order valence-corrected chi connectivity index (χ4v) is 7.51. The number of aromatic nitrogens is 1. The maximum Gasteiger partial charge on any atom is 0.408 e. The molecule has 6 rings (SSSR count). The number of ether oxygens (including phenoxy) is 2. The van der Waals surface area contributed by atoms with Crippen molar-refractivity contribution < 1.29 is 33.1 Å². The monoisotopic (exact) mass is 751 g/mol. The first-order valence-corrected chi connectivity index (χ1v) is 19.7. The first-order valence-electron chi connectivity index (χ1n) is 19.7. The predicted molar refractivity (Wildman–Crippen MR) is 208 cm³/mol. The van der Waals surface area contributed by atoms with Crippen LogP contribution < -0.4 is 16.4 Å². The topological polar surface area (TPSA) is 166 Å². The van der Waals surface area contributed by atoms with E-state index in [0.29, 0.717) is 55.9 Å². The minimum atomic E-state index is -0.988. The highest BCUT2D eigenvalue weighted by Gasteiger charge is 2.44. The fraction of sp³-hybridized carbons (Fsp3) is 0.465. The van der Waals surface area contributed by atoms with E-state index in [2.05, 4.69) is 15.6 Å². The summed E-state index contributed by atoms with van der Waals surface area (Å²) in [5, 5.41) is 5.76. The average Bonchev–Trinajstić information content (AvgIpc) is 3.86. The van der Waals surface area contributed by atoms with Crippen LogP contribution in [0.25, 0.3) is 11.1 Å². The van der Waals surface area contributed by atoms with Gasteiger partial charge in [0.15, 0.2) is 5.58 Å². The first kappa shape index (κ1) is 39.6. The number of hydrogen-bond donors (Lipinski definition) is 3. The van der Waals surface area contributed by atoms with Crippen LogP contribution in [0.4, 0.5) is 4.79 Å². The quantitative estimate of drug-likeness (QED) is 0.0802. The zero-order valence-electron chi connectivity index (χ0n) is 31.4. The highest BCUT2D eigenvalue weighted by Crippen LogP contribution is 2.28. The lowest BCUT2D eigenvalue weighted by molar-refractivity contribution is -0.140. The molecule has 1 saturated carbocycles. The Bertz CT molecular complexity index is 1810. The van der Waals surface area contributed by atoms with E-state index in [1.807, 2.05) is 66.7 Å². The van der Waals surface area contributed by atoms with Crippen molar-refractivity contribution in [3.05, 3.63) is 102 Å². The molecule has 3 amide bonds. The van der Waals surface area contributed by atoms with Gasteiger partial charge < -0.3 is 35.2 Å². The van der Waals surface area contributed by atoms with E-state index in [1.54, 1.807) is 18.2 Å². The van der Waals surface area contributed by atoms with Gasteiger partial charge in [-0.15, -0.1) is 0 Å². The van der Waals surface area contributed by atoms with Crippen molar-refractivity contribution in [3.8, 4) is 0 Å². The van der Waals surface area contributed by atoms with Gasteiger partial charge in [-0.25, -0.2) is 9.78 Å². The molecule has 3 aromatic carbocycles. The van der Waals surface area contributed by atoms with E-state index in [0.717, 1.165) is 24.0 Å². The SMILES string of the molecule is NCCCC[C@H](NC(=O)[C@@H]1C[C@@H](OCC2CCCCC2)CN1C(=O)[C@@H](CCc1ccccc1)NC(=O)OCc1ccccc1)C(=O)c1nc2ccccc2o1. The van der Waals surface area contributed by atoms with Crippen LogP contribution >= 0.6 is 0 Å². The molecule has 12 nitrogen and oxygen atoms in total. The summed E-state index contributed by atoms with van der Waals surface area (Å²) in [6, 6.07) is 23.2. The molecule has 1 aliphatic heterocycles. The second-order valence-corrected chi connectivity index (χ2v) is 14.7. The van der Waals surface area contributed by atoms with Crippen LogP contribution in [0.5, 0.6) is 0 Å². The summed E-state index contributed by atoms with van der Waals surface area (Å²) in [6.45, 7) is 1.20. The second kappa shape index (κ2) is 20.0. The lowest BCUT2D eigenvalue weighted by Gasteiger charge is -2.29. The van der Waals surface area contributed by atoms with Crippen LogP contribution in [0.15, 0.2) is 89.3 Å². The number of nitrogens with one attached hydrogen (secondary N) is 2. The molecule has 2 heterocycles. The summed E-state index contributed by atoms with van der Waals surface area (Å²) < 4.78 is 17.7. The zero-order valence-corrected chi connectivity index (χ0v) is 31.4. The molecule has 0 unspecified atom stereocenters. The minimum Gasteiger partial charge on any atom is -0.445 e. The number of para-hydroxylation sites is 2. The number of carbonyl (C=O) groups excluding carboxylic acids is 4. The van der Waals surface area contributed by atoms with Crippen molar-refractivity contribution >= 4 is 34.8 Å². The van der Waals surface area contributed by atoms with Gasteiger partial charge >= 0.3 is 6.09 Å². The van der Waals surface area contributed by atoms with Crippen LogP contribution in [0.1, 0.15) is 86.0 Å². The van der Waals surface area contributed by atoms with E-state index in [9.17, 15) is 19.2 Å². The van der Waals surface area contributed by atoms with Crippen LogP contribution in [0, 0.1) is 5.92 Å². The van der Waals surface area contributed by atoms with E-state index in [1.165, 1.54) is 24.2 Å². The third-order valence-corrected chi connectivity index (χ3v) is 10.6. The Morgan fingerprint density at radius 1 is 0.836 bits per heavy atom. The highest BCUT2D eigenvalue weighted by atomic mass is 16.5. The zero-order chi connectivity index (χ0) is 38.4. The summed E-state index contributed by atoms with van der Waals surface area (Å²) in [7, 11) is 0. The molecular formula is C43H53N5O7. The number of nitrogens with two attached hydrogens (primary N) is 1. The number of Topliss-reactive ketones (excluding diaryl/α,β-unsaturated/α-hetero) is 1. The fourth-order valence-electron chi connectivity index (χ4n) is 7.51. The molecule has 2 aliphatic rings. The normalized spacial score (nSPS) is 18.5. The molecule has 1 saturated heterocycles. The molecule has 12 heteroatoms. The van der Waals surface area contributed by atoms with Gasteiger partial charge in [-0.3, -0.25) is 14.4 Å². The Morgan fingerprint density at radius 3 is 2.27 bits per heavy atom. The third-order valence-electron chi connectivity index (χ3n) is 10.6. The Labute approximate surface area is 322 Å². The number of benzene rings is 3. The van der Waals surface area contributed by atoms with Gasteiger partial charge in [0, 0.05) is 19.6 Å². The number of nitrogens with zero attached hydrogens (tertiary/aromatic N) is 2. The molecule has 0 radical (unpaired) electrons. The summed E-state index contributed by atoms with van der Waals surface area (Å²) in [5.74, 6) is -1.00. The van der Waals surface area contributed by atoms with Crippen molar-refractivity contribution in [3.63, 3.8) is 0 Å². The van der Waals surface area contributed by atoms with Gasteiger partial charge in [0.1, 0.15) is 24.2 Å². The summed E-state index contributed by atoms with van der Waals surface area (Å²) >= 11 is 0. The lowest BCUT2D eigenvalue weighted by atomic mass is 9.90. The highest BCUT2D eigenvalue weighted by molar-refractivity contribution is 6.01. The third kappa shape index (κ3) is 11.2. The first-order chi connectivity index (χ1) is 26.9. The number of aryl methyl sites for hydroxylation is 1. The summed E-state index contributed by atoms with van der Waals surface area (Å²) in [5.41, 5.74) is 8.60. The largest absolute Gasteiger partial charge is 0.445 e. The summed E-state index contributed by atoms with van der Waals surface area (Å²) in [4.78, 5) is 61.9. The molecule has 4 N–H and O–H groups in total. The molecule has 4 aromatic rings. The number of rotatable bonds is 18. The number of ketones is 1. The van der Waals surface area contributed by atoms with Crippen molar-refractivity contribution in [2.45, 2.75) is 101 Å². The standard InChI is InChI=1S/C43H53N5O7/c44-25-13-12-21-35(39(49)41-46-34-20-10-11-22-38(34)55-41)45-40(50)37-26-33(53-28-31-16-6-2-7-17-31)27-48(37)42(51)36(24-23-30-14-4-1-5-15-30)47-43(52)54-29-32-18-8-3-9-19-32/h1,3-5,8-11,14-15,18-20,22,31,33,35-37H,2,6-7,12-13,16-17,21,23-29,44H2,(H,45,50)(H,47,52)/t33-,35+,36-,37+/m1/s1. The average molecular weight is 752 g/mol. The Balaban J connectivity index is 1.21. The molecule has 0 spiro atoms. The number of likely N-dealkylation sites (tertiary alicyclic amines) is 1. The molecule has 4 atom stereocenters. The van der Waals surface area contributed by atoms with Crippen molar-refractivity contribution in [2.24, 2.45) is 11.7 Å². The summed E-state index contributed by atoms with van der Waals surface area (Å²) in [6.07, 6.45) is 7.22. The van der Waals surface area contributed by atoms with Crippen LogP contribution in [-0.4, -0.2) is 77.5 Å². The number of amides is 3. The Kier molecular flexibility index (Phi) is 14.4. The lowest BCUT2D eigenvalue weighted by Crippen LogP contribution is -2.55. The van der Waals surface area contributed by atoms with E-state index in [4.69, 9.17) is 19.6 Å². The number of hydrogen-bond acceptors (Lipinski definition) is 9. The van der Waals surface area contributed by atoms with Crippen molar-refractivity contribution in [1.82, 2.24) is 20.5 Å². The van der Waals surface area contributed by atoms with Gasteiger partial charge in [0.25, 0.3) is 5.89 Å². The predicted octanol–water partition coefficient (Wildman–Crippen LogP) is 6.12. The molecule has 1 aliphatic carbocycles. The van der Waals surface area contributed by atoms with E-state index in [-0.39, 0.29) is 31.9 Å². The second-order valence-electron chi connectivity index (χ2n) is 14.7. The van der Waals surface area contributed by atoms with Gasteiger partial charge in [0.2, 0.25) is 17.6 Å². The van der Waals surface area contributed by atoms with Gasteiger partial charge in [-0.2, -0.15) is 0 Å². The van der Waals surface area contributed by atoms with Gasteiger partial charge in [0.05, 0.1) is 12.1 Å². The maximum atomic E-state index is 14.6. The van der Waals surface area contributed by atoms with Crippen molar-refractivity contribution in [2.75, 3.05) is 19.7 Å². The minimum absolute atomic E-state index is 0.0394. The number of fused-ring (bicyclic) bond motifs is 1. The number of alkyl carbamates (subject to hydrolysis) is 1. The Morgan fingerprint density at radius 2 is 1.55 bits per heavy atom. The van der Waals surface area contributed by atoms with Crippen molar-refractivity contribution in [1.29, 1.82) is 0 Å². The number of carbonyl (C=O) groups is 4. The van der Waals surface area contributed by atoms with Crippen LogP contribution in [0.2, 0.25) is 0 Å². The van der Waals surface area contributed by atoms with E-state index < -0.39 is 47.9 Å².